The standard InChI is InChI=1S/C31H52O4/c1-3-5-7-9-11-13-14-16-18-24-28-31(34)35-29(26-22-19-20-23-27-30(32)33)25-21-17-15-12-10-8-6-4-2/h6-9,12,15,21,25,29H,3-5,10-11,13-14,16-20,22-24,26-28H2,1-2H3,(H,32,33)/b8-6-,9-7-,15-12-,25-21-. The van der Waals surface area contributed by atoms with Crippen LogP contribution in [-0.4, -0.2) is 23.1 Å². The first-order chi connectivity index (χ1) is 17.1. The van der Waals surface area contributed by atoms with Crippen molar-refractivity contribution in [2.24, 2.45) is 0 Å². The van der Waals surface area contributed by atoms with Crippen LogP contribution in [0.25, 0.3) is 0 Å². The summed E-state index contributed by atoms with van der Waals surface area (Å²) < 4.78 is 5.77. The largest absolute Gasteiger partial charge is 0.481 e. The molecule has 1 atom stereocenters. The molecule has 0 aromatic carbocycles. The Balaban J connectivity index is 4.24. The van der Waals surface area contributed by atoms with E-state index in [1.165, 1.54) is 32.1 Å². The van der Waals surface area contributed by atoms with Gasteiger partial charge in [-0.15, -0.1) is 0 Å². The second-order valence-corrected chi connectivity index (χ2v) is 9.19. The van der Waals surface area contributed by atoms with Gasteiger partial charge < -0.3 is 9.84 Å². The topological polar surface area (TPSA) is 63.6 Å². The summed E-state index contributed by atoms with van der Waals surface area (Å²) in [5.41, 5.74) is 0. The molecule has 4 nitrogen and oxygen atoms in total. The van der Waals surface area contributed by atoms with Crippen molar-refractivity contribution in [2.45, 2.75) is 136 Å². The summed E-state index contributed by atoms with van der Waals surface area (Å²) in [4.78, 5) is 23.0. The number of carboxylic acids is 1. The van der Waals surface area contributed by atoms with E-state index in [2.05, 4.69) is 56.4 Å². The molecule has 0 heterocycles. The van der Waals surface area contributed by atoms with E-state index < -0.39 is 5.97 Å². The zero-order valence-electron chi connectivity index (χ0n) is 22.6. The van der Waals surface area contributed by atoms with E-state index in [4.69, 9.17) is 9.84 Å². The minimum Gasteiger partial charge on any atom is -0.481 e. The molecule has 0 saturated heterocycles. The van der Waals surface area contributed by atoms with Crippen molar-refractivity contribution in [3.63, 3.8) is 0 Å². The number of rotatable bonds is 24. The first kappa shape index (κ1) is 32.9. The van der Waals surface area contributed by atoms with Gasteiger partial charge in [-0.25, -0.2) is 0 Å². The lowest BCUT2D eigenvalue weighted by Gasteiger charge is -2.14. The lowest BCUT2D eigenvalue weighted by atomic mass is 10.1. The number of unbranched alkanes of at least 4 members (excludes halogenated alkanes) is 9. The number of esters is 1. The number of carbonyl (C=O) groups excluding carboxylic acids is 1. The molecule has 0 aromatic heterocycles. The molecule has 0 aliphatic heterocycles. The zero-order valence-corrected chi connectivity index (χ0v) is 22.6. The number of allylic oxidation sites excluding steroid dienone is 7. The fraction of sp³-hybridized carbons (Fsp3) is 0.677. The Morgan fingerprint density at radius 3 is 2.00 bits per heavy atom. The van der Waals surface area contributed by atoms with Crippen LogP contribution in [0.3, 0.4) is 0 Å². The van der Waals surface area contributed by atoms with Crippen molar-refractivity contribution in [3.8, 4) is 0 Å². The molecule has 1 N–H and O–H groups in total. The average Bonchev–Trinajstić information content (AvgIpc) is 2.83. The summed E-state index contributed by atoms with van der Waals surface area (Å²) in [6.07, 6.45) is 34.1. The summed E-state index contributed by atoms with van der Waals surface area (Å²) >= 11 is 0. The van der Waals surface area contributed by atoms with Crippen LogP contribution in [0, 0.1) is 0 Å². The van der Waals surface area contributed by atoms with Crippen LogP contribution in [-0.2, 0) is 14.3 Å². The van der Waals surface area contributed by atoms with E-state index >= 15 is 0 Å². The molecule has 0 fully saturated rings. The molecule has 0 aromatic rings. The SMILES string of the molecule is CC/C=C\C/C=C\C/C=C\C(CCCCCCC(=O)O)OC(=O)CCCCCCC/C=C\CCC. The molecular formula is C31H52O4. The quantitative estimate of drug-likeness (QED) is 0.0835. The molecule has 0 spiro atoms. The van der Waals surface area contributed by atoms with Gasteiger partial charge >= 0.3 is 11.9 Å². The van der Waals surface area contributed by atoms with Crippen LogP contribution < -0.4 is 0 Å². The maximum absolute atomic E-state index is 12.4. The Hall–Kier alpha value is -2.10. The smallest absolute Gasteiger partial charge is 0.306 e. The molecule has 0 radical (unpaired) electrons. The summed E-state index contributed by atoms with van der Waals surface area (Å²) in [5, 5.41) is 8.75. The maximum Gasteiger partial charge on any atom is 0.306 e. The molecule has 200 valence electrons. The third-order valence-corrected chi connectivity index (χ3v) is 5.75. The van der Waals surface area contributed by atoms with Crippen LogP contribution in [0.2, 0.25) is 0 Å². The predicted octanol–water partition coefficient (Wildman–Crippen LogP) is 9.27. The second-order valence-electron chi connectivity index (χ2n) is 9.19. The molecule has 0 amide bonds. The maximum atomic E-state index is 12.4. The number of carbonyl (C=O) groups is 2. The van der Waals surface area contributed by atoms with Crippen LogP contribution in [0.1, 0.15) is 129 Å². The van der Waals surface area contributed by atoms with E-state index in [9.17, 15) is 9.59 Å². The van der Waals surface area contributed by atoms with Gasteiger partial charge in [-0.1, -0.05) is 94.9 Å². The zero-order chi connectivity index (χ0) is 25.8. The van der Waals surface area contributed by atoms with Crippen molar-refractivity contribution < 1.29 is 19.4 Å². The van der Waals surface area contributed by atoms with Gasteiger partial charge in [0.15, 0.2) is 0 Å². The van der Waals surface area contributed by atoms with E-state index in [0.717, 1.165) is 64.2 Å². The molecule has 35 heavy (non-hydrogen) atoms. The third kappa shape index (κ3) is 26.3. The van der Waals surface area contributed by atoms with Crippen LogP contribution in [0.15, 0.2) is 48.6 Å². The fourth-order valence-corrected chi connectivity index (χ4v) is 3.70. The highest BCUT2D eigenvalue weighted by atomic mass is 16.5. The van der Waals surface area contributed by atoms with Crippen molar-refractivity contribution in [3.05, 3.63) is 48.6 Å². The van der Waals surface area contributed by atoms with Gasteiger partial charge in [0.2, 0.25) is 0 Å². The van der Waals surface area contributed by atoms with E-state index in [-0.39, 0.29) is 18.5 Å². The van der Waals surface area contributed by atoms with Crippen LogP contribution in [0.5, 0.6) is 0 Å². The molecule has 0 bridgehead atoms. The van der Waals surface area contributed by atoms with Gasteiger partial charge in [0.1, 0.15) is 6.10 Å². The number of hydrogen-bond acceptors (Lipinski definition) is 3. The first-order valence-corrected chi connectivity index (χ1v) is 14.1. The van der Waals surface area contributed by atoms with Crippen LogP contribution in [0.4, 0.5) is 0 Å². The lowest BCUT2D eigenvalue weighted by Crippen LogP contribution is -2.16. The lowest BCUT2D eigenvalue weighted by molar-refractivity contribution is -0.147. The molecule has 4 heteroatoms. The van der Waals surface area contributed by atoms with E-state index in [1.807, 2.05) is 6.08 Å². The summed E-state index contributed by atoms with van der Waals surface area (Å²) in [6, 6.07) is 0. The van der Waals surface area contributed by atoms with Gasteiger partial charge in [-0.05, 0) is 70.3 Å². The molecule has 0 aliphatic carbocycles. The van der Waals surface area contributed by atoms with E-state index in [1.54, 1.807) is 0 Å². The van der Waals surface area contributed by atoms with Crippen molar-refractivity contribution in [1.29, 1.82) is 0 Å². The Kier molecular flexibility index (Phi) is 24.9. The third-order valence-electron chi connectivity index (χ3n) is 5.75. The normalized spacial score (nSPS) is 13.0. The molecule has 0 rings (SSSR count). The van der Waals surface area contributed by atoms with Gasteiger partial charge in [-0.2, -0.15) is 0 Å². The number of aliphatic carboxylic acids is 1. The fourth-order valence-electron chi connectivity index (χ4n) is 3.70. The predicted molar refractivity (Wildman–Crippen MR) is 149 cm³/mol. The van der Waals surface area contributed by atoms with Crippen molar-refractivity contribution in [2.75, 3.05) is 0 Å². The summed E-state index contributed by atoms with van der Waals surface area (Å²) in [7, 11) is 0. The minimum absolute atomic E-state index is 0.103. The molecular weight excluding hydrogens is 436 g/mol. The van der Waals surface area contributed by atoms with Gasteiger partial charge in [0, 0.05) is 12.8 Å². The summed E-state index contributed by atoms with van der Waals surface area (Å²) in [6.45, 7) is 4.33. The summed E-state index contributed by atoms with van der Waals surface area (Å²) in [5.74, 6) is -0.838. The highest BCUT2D eigenvalue weighted by Crippen LogP contribution is 2.14. The second kappa shape index (κ2) is 26.5. The van der Waals surface area contributed by atoms with Crippen molar-refractivity contribution >= 4 is 11.9 Å². The molecule has 0 saturated carbocycles. The Morgan fingerprint density at radius 2 is 1.29 bits per heavy atom. The minimum atomic E-state index is -0.734. The van der Waals surface area contributed by atoms with Crippen molar-refractivity contribution in [1.82, 2.24) is 0 Å². The van der Waals surface area contributed by atoms with Gasteiger partial charge in [0.05, 0.1) is 0 Å². The molecule has 1 unspecified atom stereocenters. The Labute approximate surface area is 215 Å². The molecule has 0 aliphatic rings. The average molecular weight is 489 g/mol. The Morgan fingerprint density at radius 1 is 0.686 bits per heavy atom. The first-order valence-electron chi connectivity index (χ1n) is 14.1. The van der Waals surface area contributed by atoms with Crippen LogP contribution >= 0.6 is 0 Å². The van der Waals surface area contributed by atoms with Gasteiger partial charge in [0.25, 0.3) is 0 Å². The highest BCUT2D eigenvalue weighted by Gasteiger charge is 2.11. The van der Waals surface area contributed by atoms with Gasteiger partial charge in [-0.3, -0.25) is 9.59 Å². The monoisotopic (exact) mass is 488 g/mol. The highest BCUT2D eigenvalue weighted by molar-refractivity contribution is 5.69. The Bertz CT molecular complexity index is 615. The number of ether oxygens (including phenoxy) is 1. The van der Waals surface area contributed by atoms with E-state index in [0.29, 0.717) is 12.8 Å². The number of carboxylic acid groups (broad SMARTS) is 1. The number of hydrogen-bond donors (Lipinski definition) is 1.